The molecule has 0 bridgehead atoms. The molecule has 0 saturated carbocycles. The number of alkyl halides is 1. The second-order valence-electron chi connectivity index (χ2n) is 3.62. The maximum Gasteiger partial charge on any atom is 0.117 e. The van der Waals surface area contributed by atoms with Crippen LogP contribution in [-0.2, 0) is 0 Å². The summed E-state index contributed by atoms with van der Waals surface area (Å²) < 4.78 is 12.1. The summed E-state index contributed by atoms with van der Waals surface area (Å²) >= 11 is 1.95. The summed E-state index contributed by atoms with van der Waals surface area (Å²) in [4.78, 5) is 2.17. The van der Waals surface area contributed by atoms with Gasteiger partial charge in [0.05, 0.1) is 6.10 Å². The van der Waals surface area contributed by atoms with Gasteiger partial charge in [0.25, 0.3) is 0 Å². The molecule has 1 fully saturated rings. The van der Waals surface area contributed by atoms with Crippen molar-refractivity contribution in [3.05, 3.63) is 0 Å². The van der Waals surface area contributed by atoms with Crippen LogP contribution >= 0.6 is 11.8 Å². The van der Waals surface area contributed by atoms with Gasteiger partial charge in [0.1, 0.15) is 6.67 Å². The molecule has 3 unspecified atom stereocenters. The number of halogens is 1. The highest BCUT2D eigenvalue weighted by Crippen LogP contribution is 2.24. The van der Waals surface area contributed by atoms with Crippen molar-refractivity contribution in [2.45, 2.75) is 31.2 Å². The molecule has 0 aliphatic carbocycles. The monoisotopic (exact) mass is 207 g/mol. The molecular weight excluding hydrogens is 189 g/mol. The fourth-order valence-electron chi connectivity index (χ4n) is 1.57. The van der Waals surface area contributed by atoms with Crippen molar-refractivity contribution in [1.82, 2.24) is 4.90 Å². The minimum atomic E-state index is -0.808. The van der Waals surface area contributed by atoms with Gasteiger partial charge in [-0.1, -0.05) is 6.92 Å². The van der Waals surface area contributed by atoms with Gasteiger partial charge in [-0.15, -0.1) is 0 Å². The summed E-state index contributed by atoms with van der Waals surface area (Å²) in [5.74, 6) is 1.09. The molecule has 1 heterocycles. The summed E-state index contributed by atoms with van der Waals surface area (Å²) in [5, 5.41) is 9.77. The highest BCUT2D eigenvalue weighted by atomic mass is 32.2. The van der Waals surface area contributed by atoms with E-state index in [2.05, 4.69) is 18.7 Å². The Morgan fingerprint density at radius 2 is 2.31 bits per heavy atom. The van der Waals surface area contributed by atoms with Crippen molar-refractivity contribution in [3.8, 4) is 0 Å². The molecule has 4 heteroatoms. The number of hydrogen-bond acceptors (Lipinski definition) is 3. The molecule has 1 N–H and O–H groups in total. The van der Waals surface area contributed by atoms with Crippen molar-refractivity contribution in [2.24, 2.45) is 0 Å². The summed E-state index contributed by atoms with van der Waals surface area (Å²) in [6.07, 6.45) is -0.808. The molecule has 78 valence electrons. The molecule has 3 atom stereocenters. The lowest BCUT2D eigenvalue weighted by molar-refractivity contribution is 0.0742. The lowest BCUT2D eigenvalue weighted by atomic mass is 10.2. The van der Waals surface area contributed by atoms with Crippen LogP contribution in [0.15, 0.2) is 0 Å². The van der Waals surface area contributed by atoms with E-state index in [4.69, 9.17) is 0 Å². The molecule has 0 aromatic rings. The molecule has 0 radical (unpaired) electrons. The minimum absolute atomic E-state index is 0.444. The van der Waals surface area contributed by atoms with E-state index in [1.54, 1.807) is 0 Å². The molecule has 1 rings (SSSR count). The largest absolute Gasteiger partial charge is 0.389 e. The van der Waals surface area contributed by atoms with E-state index < -0.39 is 12.8 Å². The van der Waals surface area contributed by atoms with E-state index in [0.29, 0.717) is 17.8 Å². The third kappa shape index (κ3) is 3.11. The van der Waals surface area contributed by atoms with Gasteiger partial charge < -0.3 is 5.11 Å². The fourth-order valence-corrected chi connectivity index (χ4v) is 2.74. The van der Waals surface area contributed by atoms with Crippen molar-refractivity contribution in [2.75, 3.05) is 25.5 Å². The van der Waals surface area contributed by atoms with Crippen LogP contribution in [0.1, 0.15) is 13.8 Å². The topological polar surface area (TPSA) is 23.5 Å². The third-order valence-electron chi connectivity index (χ3n) is 2.64. The van der Waals surface area contributed by atoms with E-state index in [9.17, 15) is 9.50 Å². The highest BCUT2D eigenvalue weighted by molar-refractivity contribution is 8.00. The lowest BCUT2D eigenvalue weighted by Crippen LogP contribution is -2.48. The molecule has 0 aromatic heterocycles. The molecular formula is C9H18FNOS. The van der Waals surface area contributed by atoms with Gasteiger partial charge in [0, 0.05) is 30.1 Å². The van der Waals surface area contributed by atoms with Gasteiger partial charge in [-0.25, -0.2) is 4.39 Å². The number of β-amino-alcohol motifs (C(OH)–C–C–N with tert-alkyl or cyclic N) is 1. The Hall–Kier alpha value is 0.200. The second kappa shape index (κ2) is 5.17. The second-order valence-corrected chi connectivity index (χ2v) is 5.10. The first-order chi connectivity index (χ1) is 6.15. The molecule has 0 aromatic carbocycles. The Labute approximate surface area is 83.5 Å². The zero-order valence-electron chi connectivity index (χ0n) is 8.24. The van der Waals surface area contributed by atoms with Gasteiger partial charge >= 0.3 is 0 Å². The first kappa shape index (κ1) is 11.3. The zero-order chi connectivity index (χ0) is 9.84. The molecule has 1 aliphatic heterocycles. The normalized spacial score (nSPS) is 33.2. The lowest BCUT2D eigenvalue weighted by Gasteiger charge is -2.38. The minimum Gasteiger partial charge on any atom is -0.389 e. The van der Waals surface area contributed by atoms with E-state index >= 15 is 0 Å². The zero-order valence-corrected chi connectivity index (χ0v) is 9.06. The number of hydrogen-bond donors (Lipinski definition) is 1. The number of rotatable bonds is 3. The average Bonchev–Trinajstić information content (AvgIpc) is 2.13. The maximum absolute atomic E-state index is 12.1. The van der Waals surface area contributed by atoms with Crippen LogP contribution < -0.4 is 0 Å². The standard InChI is InChI=1S/C9H18FNOS/c1-7-8(2)13-4-3-11(7)6-9(12)5-10/h7-9,12H,3-6H2,1-2H3. The van der Waals surface area contributed by atoms with Crippen molar-refractivity contribution < 1.29 is 9.50 Å². The van der Waals surface area contributed by atoms with Gasteiger partial charge in [-0.2, -0.15) is 11.8 Å². The van der Waals surface area contributed by atoms with Crippen LogP contribution in [0.2, 0.25) is 0 Å². The van der Waals surface area contributed by atoms with Crippen LogP contribution in [0.5, 0.6) is 0 Å². The Morgan fingerprint density at radius 3 is 2.92 bits per heavy atom. The average molecular weight is 207 g/mol. The predicted molar refractivity (Wildman–Crippen MR) is 54.9 cm³/mol. The van der Waals surface area contributed by atoms with Crippen LogP contribution in [0.4, 0.5) is 4.39 Å². The van der Waals surface area contributed by atoms with E-state index in [-0.39, 0.29) is 0 Å². The molecule has 2 nitrogen and oxygen atoms in total. The number of nitrogens with zero attached hydrogens (tertiary/aromatic N) is 1. The molecule has 0 spiro atoms. The Kier molecular flexibility index (Phi) is 4.49. The van der Waals surface area contributed by atoms with Crippen LogP contribution in [0.25, 0.3) is 0 Å². The Morgan fingerprint density at radius 1 is 1.62 bits per heavy atom. The SMILES string of the molecule is CC1SCCN(CC(O)CF)C1C. The fraction of sp³-hybridized carbons (Fsp3) is 1.00. The van der Waals surface area contributed by atoms with E-state index in [1.807, 2.05) is 11.8 Å². The smallest absolute Gasteiger partial charge is 0.117 e. The summed E-state index contributed by atoms with van der Waals surface area (Å²) in [5.41, 5.74) is 0. The molecule has 1 aliphatic rings. The van der Waals surface area contributed by atoms with Gasteiger partial charge in [-0.05, 0) is 6.92 Å². The van der Waals surface area contributed by atoms with Gasteiger partial charge in [-0.3, -0.25) is 4.90 Å². The van der Waals surface area contributed by atoms with E-state index in [0.717, 1.165) is 12.3 Å². The quantitative estimate of drug-likeness (QED) is 0.751. The first-order valence-corrected chi connectivity index (χ1v) is 5.79. The molecule has 1 saturated heterocycles. The van der Waals surface area contributed by atoms with Crippen molar-refractivity contribution in [3.63, 3.8) is 0 Å². The van der Waals surface area contributed by atoms with Crippen molar-refractivity contribution in [1.29, 1.82) is 0 Å². The third-order valence-corrected chi connectivity index (χ3v) is 3.98. The predicted octanol–water partition coefficient (Wildman–Crippen LogP) is 1.14. The maximum atomic E-state index is 12.1. The van der Waals surface area contributed by atoms with Gasteiger partial charge in [0.2, 0.25) is 0 Å². The van der Waals surface area contributed by atoms with Gasteiger partial charge in [0.15, 0.2) is 0 Å². The first-order valence-electron chi connectivity index (χ1n) is 4.75. The van der Waals surface area contributed by atoms with Crippen LogP contribution in [0.3, 0.4) is 0 Å². The van der Waals surface area contributed by atoms with Crippen LogP contribution in [-0.4, -0.2) is 52.9 Å². The Balaban J connectivity index is 2.39. The van der Waals surface area contributed by atoms with Crippen molar-refractivity contribution >= 4 is 11.8 Å². The molecule has 0 amide bonds. The van der Waals surface area contributed by atoms with E-state index in [1.165, 1.54) is 0 Å². The summed E-state index contributed by atoms with van der Waals surface area (Å²) in [7, 11) is 0. The number of aliphatic hydroxyl groups is 1. The summed E-state index contributed by atoms with van der Waals surface area (Å²) in [6.45, 7) is 5.13. The van der Waals surface area contributed by atoms with Crippen LogP contribution in [0, 0.1) is 0 Å². The highest BCUT2D eigenvalue weighted by Gasteiger charge is 2.26. The number of thioether (sulfide) groups is 1. The Bertz CT molecular complexity index is 159. The summed E-state index contributed by atoms with van der Waals surface area (Å²) in [6, 6.07) is 0.444. The molecule has 13 heavy (non-hydrogen) atoms. The number of aliphatic hydroxyl groups excluding tert-OH is 1.